The molecule has 178 valence electrons. The Morgan fingerprint density at radius 2 is 1.94 bits per heavy atom. The molecule has 5 rings (SSSR count). The van der Waals surface area contributed by atoms with Gasteiger partial charge in [-0.05, 0) is 49.6 Å². The van der Waals surface area contributed by atoms with Crippen molar-refractivity contribution in [3.8, 4) is 5.69 Å². The van der Waals surface area contributed by atoms with E-state index in [4.69, 9.17) is 4.74 Å². The number of carbonyl (C=O) groups excluding carboxylic acids is 1. The number of amides is 1. The molecule has 1 amide bonds. The summed E-state index contributed by atoms with van der Waals surface area (Å²) in [5, 5.41) is 0. The second-order valence-corrected chi connectivity index (χ2v) is 8.68. The number of benzene rings is 1. The summed E-state index contributed by atoms with van der Waals surface area (Å²) in [5.41, 5.74) is 1.05. The highest BCUT2D eigenvalue weighted by molar-refractivity contribution is 5.93. The minimum atomic E-state index is -4.41. The first-order valence-corrected chi connectivity index (χ1v) is 11.1. The zero-order valence-electron chi connectivity index (χ0n) is 18.5. The molecule has 0 spiro atoms. The van der Waals surface area contributed by atoms with Crippen molar-refractivity contribution in [2.45, 2.75) is 44.7 Å². The van der Waals surface area contributed by atoms with Crippen molar-refractivity contribution in [3.63, 3.8) is 0 Å². The molecule has 2 atom stereocenters. The van der Waals surface area contributed by atoms with Crippen LogP contribution in [0.1, 0.15) is 46.3 Å². The maximum absolute atomic E-state index is 13.1. The summed E-state index contributed by atoms with van der Waals surface area (Å²) in [6.07, 6.45) is -0.601. The molecule has 0 aliphatic carbocycles. The Balaban J connectivity index is 1.28. The van der Waals surface area contributed by atoms with E-state index in [0.717, 1.165) is 17.8 Å². The van der Waals surface area contributed by atoms with Gasteiger partial charge in [0, 0.05) is 25.8 Å². The van der Waals surface area contributed by atoms with E-state index in [-0.39, 0.29) is 17.6 Å². The molecule has 10 heteroatoms. The molecular formula is C24H23F3N4O3. The van der Waals surface area contributed by atoms with E-state index < -0.39 is 17.8 Å². The van der Waals surface area contributed by atoms with E-state index in [0.29, 0.717) is 49.4 Å². The number of aryl methyl sites for hydroxylation is 1. The van der Waals surface area contributed by atoms with E-state index in [9.17, 15) is 22.8 Å². The maximum atomic E-state index is 13.1. The van der Waals surface area contributed by atoms with Crippen molar-refractivity contribution in [1.82, 2.24) is 19.0 Å². The Hall–Kier alpha value is -3.40. The van der Waals surface area contributed by atoms with Crippen LogP contribution in [-0.4, -0.2) is 44.1 Å². The molecular weight excluding hydrogens is 449 g/mol. The smallest absolute Gasteiger partial charge is 0.368 e. The first kappa shape index (κ1) is 22.4. The van der Waals surface area contributed by atoms with Gasteiger partial charge in [-0.3, -0.25) is 9.59 Å². The number of fused-ring (bicyclic) bond motifs is 1. The topological polar surface area (TPSA) is 69.4 Å². The van der Waals surface area contributed by atoms with Crippen LogP contribution < -0.4 is 5.56 Å². The van der Waals surface area contributed by atoms with E-state index in [1.54, 1.807) is 40.2 Å². The molecule has 0 saturated carbocycles. The SMILES string of the molecule is Cc1cn(-c2ccc3n(c2=O)CCN(C[C@@H]2CC[C@H](c4cccc(C(F)(F)F)c4)O2)C3=O)cn1. The second kappa shape index (κ2) is 8.43. The summed E-state index contributed by atoms with van der Waals surface area (Å²) in [6.45, 7) is 2.86. The van der Waals surface area contributed by atoms with Gasteiger partial charge in [-0.15, -0.1) is 0 Å². The molecule has 0 bridgehead atoms. The fraction of sp³-hybridized carbons (Fsp3) is 0.375. The Morgan fingerprint density at radius 1 is 1.12 bits per heavy atom. The molecule has 1 fully saturated rings. The molecule has 7 nitrogen and oxygen atoms in total. The predicted molar refractivity (Wildman–Crippen MR) is 117 cm³/mol. The van der Waals surface area contributed by atoms with E-state index in [1.807, 2.05) is 6.92 Å². The van der Waals surface area contributed by atoms with Gasteiger partial charge in [-0.2, -0.15) is 13.2 Å². The number of hydrogen-bond acceptors (Lipinski definition) is 4. The number of hydrogen-bond donors (Lipinski definition) is 0. The lowest BCUT2D eigenvalue weighted by Crippen LogP contribution is -2.47. The van der Waals surface area contributed by atoms with Gasteiger partial charge in [0.25, 0.3) is 11.5 Å². The van der Waals surface area contributed by atoms with Crippen molar-refractivity contribution in [1.29, 1.82) is 0 Å². The molecule has 4 heterocycles. The van der Waals surface area contributed by atoms with Crippen LogP contribution in [0, 0.1) is 6.92 Å². The van der Waals surface area contributed by atoms with Gasteiger partial charge >= 0.3 is 6.18 Å². The molecule has 2 aliphatic rings. The number of halogens is 3. The van der Waals surface area contributed by atoms with Crippen LogP contribution in [0.3, 0.4) is 0 Å². The van der Waals surface area contributed by atoms with Crippen LogP contribution in [0.2, 0.25) is 0 Å². The summed E-state index contributed by atoms with van der Waals surface area (Å²) in [7, 11) is 0. The minimum Gasteiger partial charge on any atom is -0.368 e. The molecule has 2 aliphatic heterocycles. The first-order chi connectivity index (χ1) is 16.2. The van der Waals surface area contributed by atoms with Crippen molar-refractivity contribution >= 4 is 5.91 Å². The fourth-order valence-corrected chi connectivity index (χ4v) is 4.63. The normalized spacial score (nSPS) is 20.6. The molecule has 0 N–H and O–H groups in total. The van der Waals surface area contributed by atoms with Crippen LogP contribution in [0.25, 0.3) is 5.69 Å². The molecule has 3 aromatic rings. The summed E-state index contributed by atoms with van der Waals surface area (Å²) in [4.78, 5) is 31.8. The largest absolute Gasteiger partial charge is 0.416 e. The number of aromatic nitrogens is 3. The molecule has 2 aromatic heterocycles. The van der Waals surface area contributed by atoms with Crippen molar-refractivity contribution in [2.75, 3.05) is 13.1 Å². The molecule has 1 aromatic carbocycles. The van der Waals surface area contributed by atoms with Crippen LogP contribution in [0.5, 0.6) is 0 Å². The van der Waals surface area contributed by atoms with Crippen molar-refractivity contribution < 1.29 is 22.7 Å². The monoisotopic (exact) mass is 472 g/mol. The highest BCUT2D eigenvalue weighted by atomic mass is 19.4. The lowest BCUT2D eigenvalue weighted by Gasteiger charge is -2.31. The van der Waals surface area contributed by atoms with Gasteiger partial charge < -0.3 is 18.8 Å². The Kier molecular flexibility index (Phi) is 5.55. The van der Waals surface area contributed by atoms with E-state index in [2.05, 4.69) is 4.98 Å². The van der Waals surface area contributed by atoms with Gasteiger partial charge in [0.2, 0.25) is 0 Å². The summed E-state index contributed by atoms with van der Waals surface area (Å²) in [6, 6.07) is 8.45. The van der Waals surface area contributed by atoms with Gasteiger partial charge in [0.15, 0.2) is 0 Å². The Morgan fingerprint density at radius 3 is 2.68 bits per heavy atom. The summed E-state index contributed by atoms with van der Waals surface area (Å²) >= 11 is 0. The minimum absolute atomic E-state index is 0.260. The number of ether oxygens (including phenoxy) is 1. The predicted octanol–water partition coefficient (Wildman–Crippen LogP) is 3.74. The quantitative estimate of drug-likeness (QED) is 0.580. The standard InChI is InChI=1S/C24H23F3N4O3/c1-15-12-30(14-28-15)19-6-7-20-22(32)29(9-10-31(20)23(19)33)13-18-5-8-21(34-18)16-3-2-4-17(11-16)24(25,26)27/h2-4,6-7,11-12,14,18,21H,5,8-10,13H2,1H3/t18-,21+/m0/s1. The Labute approximate surface area is 193 Å². The van der Waals surface area contributed by atoms with Crippen LogP contribution in [-0.2, 0) is 17.5 Å². The van der Waals surface area contributed by atoms with Crippen molar-refractivity contribution in [3.05, 3.63) is 81.8 Å². The average molecular weight is 472 g/mol. The zero-order valence-corrected chi connectivity index (χ0v) is 18.5. The molecule has 1 saturated heterocycles. The highest BCUT2D eigenvalue weighted by Crippen LogP contribution is 2.36. The number of nitrogens with zero attached hydrogens (tertiary/aromatic N) is 4. The number of imidazole rings is 1. The maximum Gasteiger partial charge on any atom is 0.416 e. The van der Waals surface area contributed by atoms with Gasteiger partial charge in [-0.25, -0.2) is 4.98 Å². The average Bonchev–Trinajstić information content (AvgIpc) is 3.45. The molecule has 0 unspecified atom stereocenters. The van der Waals surface area contributed by atoms with Crippen LogP contribution in [0.15, 0.2) is 53.7 Å². The number of carbonyl (C=O) groups is 1. The van der Waals surface area contributed by atoms with Crippen molar-refractivity contribution in [2.24, 2.45) is 0 Å². The van der Waals surface area contributed by atoms with Crippen LogP contribution >= 0.6 is 0 Å². The summed E-state index contributed by atoms with van der Waals surface area (Å²) < 4.78 is 48.3. The first-order valence-electron chi connectivity index (χ1n) is 11.1. The third-order valence-electron chi connectivity index (χ3n) is 6.36. The fourth-order valence-electron chi connectivity index (χ4n) is 4.63. The zero-order chi connectivity index (χ0) is 24.0. The summed E-state index contributed by atoms with van der Waals surface area (Å²) in [5.74, 6) is -0.261. The second-order valence-electron chi connectivity index (χ2n) is 8.68. The van der Waals surface area contributed by atoms with Gasteiger partial charge in [0.1, 0.15) is 11.4 Å². The van der Waals surface area contributed by atoms with E-state index >= 15 is 0 Å². The number of alkyl halides is 3. The van der Waals surface area contributed by atoms with Gasteiger partial charge in [-0.1, -0.05) is 12.1 Å². The number of pyridine rings is 1. The van der Waals surface area contributed by atoms with E-state index in [1.165, 1.54) is 10.6 Å². The lowest BCUT2D eigenvalue weighted by molar-refractivity contribution is -0.137. The molecule has 34 heavy (non-hydrogen) atoms. The third-order valence-corrected chi connectivity index (χ3v) is 6.36. The van der Waals surface area contributed by atoms with Crippen LogP contribution in [0.4, 0.5) is 13.2 Å². The Bertz CT molecular complexity index is 1300. The lowest BCUT2D eigenvalue weighted by atomic mass is 10.0. The highest BCUT2D eigenvalue weighted by Gasteiger charge is 2.35. The van der Waals surface area contributed by atoms with Gasteiger partial charge in [0.05, 0.1) is 29.8 Å². The number of rotatable bonds is 4. The third kappa shape index (κ3) is 4.13. The molecule has 0 radical (unpaired) electrons.